The van der Waals surface area contributed by atoms with Gasteiger partial charge in [-0.25, -0.2) is 9.37 Å². The number of nitrogens with zero attached hydrogens (tertiary/aromatic N) is 4. The Kier molecular flexibility index (Phi) is 8.30. The largest absolute Gasteiger partial charge is 0.508 e. The van der Waals surface area contributed by atoms with Crippen molar-refractivity contribution in [3.63, 3.8) is 0 Å². The maximum absolute atomic E-state index is 14.0. The number of halogens is 1. The Hall–Kier alpha value is -3.59. The van der Waals surface area contributed by atoms with Crippen molar-refractivity contribution in [2.24, 2.45) is 0 Å². The number of aryl methyl sites for hydroxylation is 1. The molecule has 1 N–H and O–H groups in total. The molecule has 1 aromatic heterocycles. The van der Waals surface area contributed by atoms with Crippen LogP contribution in [0.3, 0.4) is 0 Å². The first-order valence-corrected chi connectivity index (χ1v) is 14.4. The molecule has 4 aromatic rings. The van der Waals surface area contributed by atoms with E-state index in [1.807, 2.05) is 43.3 Å². The molecule has 40 heavy (non-hydrogen) atoms. The Morgan fingerprint density at radius 1 is 1.07 bits per heavy atom. The van der Waals surface area contributed by atoms with E-state index in [2.05, 4.69) is 34.0 Å². The van der Waals surface area contributed by atoms with Gasteiger partial charge >= 0.3 is 0 Å². The van der Waals surface area contributed by atoms with Crippen LogP contribution in [-0.4, -0.2) is 58.0 Å². The van der Waals surface area contributed by atoms with E-state index >= 15 is 0 Å². The predicted molar refractivity (Wildman–Crippen MR) is 158 cm³/mol. The first-order valence-electron chi connectivity index (χ1n) is 13.5. The van der Waals surface area contributed by atoms with Gasteiger partial charge in [-0.2, -0.15) is 0 Å². The van der Waals surface area contributed by atoms with Crippen molar-refractivity contribution in [2.45, 2.75) is 45.4 Å². The number of aromatic hydroxyl groups is 1. The smallest absolute Gasteiger partial charge is 0.258 e. The number of aromatic nitrogens is 1. The van der Waals surface area contributed by atoms with E-state index in [4.69, 9.17) is 0 Å². The number of phenols is 1. The lowest BCUT2D eigenvalue weighted by molar-refractivity contribution is 0.0188. The molecular formula is C32H35FN4O2S. The van der Waals surface area contributed by atoms with Crippen molar-refractivity contribution in [2.75, 3.05) is 25.0 Å². The second-order valence-electron chi connectivity index (χ2n) is 10.6. The molecule has 8 heteroatoms. The van der Waals surface area contributed by atoms with E-state index in [1.54, 1.807) is 42.6 Å². The number of piperazine rings is 1. The van der Waals surface area contributed by atoms with Crippen LogP contribution in [0.1, 0.15) is 52.1 Å². The number of benzene rings is 3. The molecule has 1 aliphatic rings. The Morgan fingerprint density at radius 3 is 2.58 bits per heavy atom. The molecular weight excluding hydrogens is 523 g/mol. The number of amides is 1. The van der Waals surface area contributed by atoms with Crippen molar-refractivity contribution in [3.05, 3.63) is 111 Å². The van der Waals surface area contributed by atoms with Gasteiger partial charge in [0.2, 0.25) is 0 Å². The molecule has 1 aliphatic heterocycles. The van der Waals surface area contributed by atoms with E-state index in [9.17, 15) is 14.3 Å². The molecule has 0 radical (unpaired) electrons. The van der Waals surface area contributed by atoms with Crippen molar-refractivity contribution in [3.8, 4) is 5.75 Å². The Morgan fingerprint density at radius 2 is 1.85 bits per heavy atom. The fourth-order valence-electron chi connectivity index (χ4n) is 5.65. The summed E-state index contributed by atoms with van der Waals surface area (Å²) in [5.41, 5.74) is 3.89. The zero-order valence-electron chi connectivity index (χ0n) is 23.3. The maximum Gasteiger partial charge on any atom is 0.258 e. The monoisotopic (exact) mass is 558 g/mol. The van der Waals surface area contributed by atoms with Crippen LogP contribution in [0.15, 0.2) is 78.2 Å². The summed E-state index contributed by atoms with van der Waals surface area (Å²) in [6.45, 7) is 8.88. The van der Waals surface area contributed by atoms with Crippen molar-refractivity contribution in [1.29, 1.82) is 0 Å². The highest BCUT2D eigenvalue weighted by Gasteiger charge is 2.36. The summed E-state index contributed by atoms with van der Waals surface area (Å²) in [5, 5.41) is 13.6. The molecule has 1 amide bonds. The second kappa shape index (κ2) is 11.9. The van der Waals surface area contributed by atoms with Crippen LogP contribution in [0.2, 0.25) is 0 Å². The van der Waals surface area contributed by atoms with E-state index in [-0.39, 0.29) is 29.8 Å². The molecule has 0 spiro atoms. The standard InChI is InChI=1S/C32H35FN4O2S/c1-21-18-37(22(2)17-36(21)19-26-20-40-23(3)34-26)31(24-9-7-12-28(38)15-24)29-13-5-6-14-30(29)32(39)35(4)27-11-8-10-25(33)16-27/h5-16,20-22,31,38H,17-19H2,1-4H3/t21-,22+,31-/m1/s1. The zero-order chi connectivity index (χ0) is 28.4. The lowest BCUT2D eigenvalue weighted by Crippen LogP contribution is -2.57. The van der Waals surface area contributed by atoms with Crippen LogP contribution >= 0.6 is 11.3 Å². The summed E-state index contributed by atoms with van der Waals surface area (Å²) >= 11 is 1.67. The third kappa shape index (κ3) is 5.94. The van der Waals surface area contributed by atoms with Gasteiger partial charge < -0.3 is 10.0 Å². The van der Waals surface area contributed by atoms with Crippen LogP contribution in [0.5, 0.6) is 5.75 Å². The molecule has 0 saturated carbocycles. The Labute approximate surface area is 239 Å². The van der Waals surface area contributed by atoms with Crippen molar-refractivity contribution in [1.82, 2.24) is 14.8 Å². The molecule has 0 aliphatic carbocycles. The number of thiazole rings is 1. The van der Waals surface area contributed by atoms with Gasteiger partial charge in [0.05, 0.1) is 16.7 Å². The SMILES string of the molecule is Cc1nc(CN2C[C@H](C)N([C@H](c3cccc(O)c3)c3ccccc3C(=O)N(C)c3cccc(F)c3)C[C@H]2C)cs1. The fraction of sp³-hybridized carbons (Fsp3) is 0.312. The second-order valence-corrected chi connectivity index (χ2v) is 11.7. The molecule has 2 heterocycles. The Bertz CT molecular complexity index is 1490. The number of carbonyl (C=O) groups excluding carboxylic acids is 1. The van der Waals surface area contributed by atoms with Gasteiger partial charge in [0.25, 0.3) is 5.91 Å². The van der Waals surface area contributed by atoms with Crippen molar-refractivity contribution >= 4 is 22.9 Å². The third-order valence-corrected chi connectivity index (χ3v) is 8.52. The van der Waals surface area contributed by atoms with Crippen LogP contribution in [0.4, 0.5) is 10.1 Å². The van der Waals surface area contributed by atoms with Gasteiger partial charge in [0.1, 0.15) is 11.6 Å². The zero-order valence-corrected chi connectivity index (χ0v) is 24.1. The number of carbonyl (C=O) groups is 1. The van der Waals surface area contributed by atoms with Crippen LogP contribution in [0.25, 0.3) is 0 Å². The molecule has 6 nitrogen and oxygen atoms in total. The summed E-state index contributed by atoms with van der Waals surface area (Å²) in [6, 6.07) is 21.1. The molecule has 1 fully saturated rings. The molecule has 208 valence electrons. The van der Waals surface area contributed by atoms with E-state index < -0.39 is 5.82 Å². The first-order chi connectivity index (χ1) is 19.2. The molecule has 0 bridgehead atoms. The van der Waals surface area contributed by atoms with Gasteiger partial charge in [-0.05, 0) is 68.3 Å². The molecule has 3 atom stereocenters. The van der Waals surface area contributed by atoms with Crippen LogP contribution in [0, 0.1) is 12.7 Å². The normalized spacial score (nSPS) is 18.9. The summed E-state index contributed by atoms with van der Waals surface area (Å²) in [7, 11) is 1.67. The van der Waals surface area contributed by atoms with Crippen LogP contribution in [-0.2, 0) is 6.54 Å². The highest BCUT2D eigenvalue weighted by molar-refractivity contribution is 7.09. The van der Waals surface area contributed by atoms with Gasteiger partial charge in [-0.15, -0.1) is 11.3 Å². The van der Waals surface area contributed by atoms with Gasteiger partial charge in [-0.1, -0.05) is 36.4 Å². The highest BCUT2D eigenvalue weighted by Crippen LogP contribution is 2.37. The van der Waals surface area contributed by atoms with Crippen LogP contribution < -0.4 is 4.90 Å². The summed E-state index contributed by atoms with van der Waals surface area (Å²) < 4.78 is 14.0. The fourth-order valence-corrected chi connectivity index (χ4v) is 6.26. The average molecular weight is 559 g/mol. The predicted octanol–water partition coefficient (Wildman–Crippen LogP) is 6.26. The number of anilines is 1. The quantitative estimate of drug-likeness (QED) is 0.290. The minimum absolute atomic E-state index is 0.160. The first kappa shape index (κ1) is 28.0. The van der Waals surface area contributed by atoms with E-state index in [0.29, 0.717) is 11.3 Å². The minimum Gasteiger partial charge on any atom is -0.508 e. The average Bonchev–Trinajstić information content (AvgIpc) is 3.35. The Balaban J connectivity index is 1.51. The molecule has 0 unspecified atom stereocenters. The van der Waals surface area contributed by atoms with E-state index in [1.165, 1.54) is 17.0 Å². The molecule has 3 aromatic carbocycles. The summed E-state index contributed by atoms with van der Waals surface area (Å²) in [5.74, 6) is -0.428. The number of hydrogen-bond acceptors (Lipinski definition) is 6. The number of hydrogen-bond donors (Lipinski definition) is 1. The number of rotatable bonds is 7. The summed E-state index contributed by atoms with van der Waals surface area (Å²) in [6.07, 6.45) is 0. The molecule has 5 rings (SSSR count). The topological polar surface area (TPSA) is 59.9 Å². The lowest BCUT2D eigenvalue weighted by atomic mass is 9.90. The van der Waals surface area contributed by atoms with Gasteiger partial charge in [-0.3, -0.25) is 14.6 Å². The summed E-state index contributed by atoms with van der Waals surface area (Å²) in [4.78, 5) is 24.9. The van der Waals surface area contributed by atoms with Crippen molar-refractivity contribution < 1.29 is 14.3 Å². The molecule has 1 saturated heterocycles. The van der Waals surface area contributed by atoms with Gasteiger partial charge in [0.15, 0.2) is 0 Å². The van der Waals surface area contributed by atoms with E-state index in [0.717, 1.165) is 41.5 Å². The maximum atomic E-state index is 14.0. The minimum atomic E-state index is -0.392. The third-order valence-electron chi connectivity index (χ3n) is 7.70. The lowest BCUT2D eigenvalue weighted by Gasteiger charge is -2.47. The number of phenolic OH excluding ortho intramolecular Hbond substituents is 1. The van der Waals surface area contributed by atoms with Gasteiger partial charge in [0, 0.05) is 55.4 Å². The highest BCUT2D eigenvalue weighted by atomic mass is 32.1.